The van der Waals surface area contributed by atoms with Crippen molar-refractivity contribution in [3.05, 3.63) is 0 Å². The van der Waals surface area contributed by atoms with E-state index in [9.17, 15) is 4.79 Å². The highest BCUT2D eigenvalue weighted by atomic mass is 16.2. The summed E-state index contributed by atoms with van der Waals surface area (Å²) in [5.41, 5.74) is 0. The fourth-order valence-corrected chi connectivity index (χ4v) is 3.16. The molecule has 0 aromatic heterocycles. The van der Waals surface area contributed by atoms with Gasteiger partial charge in [0, 0.05) is 31.6 Å². The van der Waals surface area contributed by atoms with Gasteiger partial charge in [-0.3, -0.25) is 9.69 Å². The zero-order valence-corrected chi connectivity index (χ0v) is 12.5. The monoisotopic (exact) mass is 267 g/mol. The van der Waals surface area contributed by atoms with Crippen LogP contribution in [-0.2, 0) is 4.79 Å². The normalized spacial score (nSPS) is 24.6. The van der Waals surface area contributed by atoms with Crippen molar-refractivity contribution in [2.75, 3.05) is 32.7 Å². The van der Waals surface area contributed by atoms with Gasteiger partial charge in [-0.2, -0.15) is 0 Å². The third-order valence-electron chi connectivity index (χ3n) is 4.29. The number of likely N-dealkylation sites (tertiary alicyclic amines) is 2. The molecule has 2 aliphatic rings. The van der Waals surface area contributed by atoms with E-state index in [1.165, 1.54) is 32.4 Å². The molecule has 2 aliphatic heterocycles. The third kappa shape index (κ3) is 4.46. The minimum atomic E-state index is 0.354. The Labute approximate surface area is 117 Å². The predicted molar refractivity (Wildman–Crippen MR) is 78.2 cm³/mol. The van der Waals surface area contributed by atoms with E-state index in [2.05, 4.69) is 29.0 Å². The molecule has 2 saturated heterocycles. The quantitative estimate of drug-likeness (QED) is 0.740. The summed E-state index contributed by atoms with van der Waals surface area (Å²) < 4.78 is 0. The van der Waals surface area contributed by atoms with E-state index in [1.807, 2.05) is 0 Å². The molecule has 0 aromatic carbocycles. The standard InChI is InChI=1S/C15H29N3O/c1-13(2)16-8-5-6-15(19)18-11-7-14(12-18)17-9-3-4-10-17/h13-14,16H,3-12H2,1-2H3. The van der Waals surface area contributed by atoms with E-state index in [-0.39, 0.29) is 0 Å². The molecule has 0 spiro atoms. The molecule has 2 heterocycles. The van der Waals surface area contributed by atoms with Crippen molar-refractivity contribution in [1.82, 2.24) is 15.1 Å². The zero-order chi connectivity index (χ0) is 13.7. The van der Waals surface area contributed by atoms with Crippen LogP contribution in [-0.4, -0.2) is 60.5 Å². The topological polar surface area (TPSA) is 35.6 Å². The van der Waals surface area contributed by atoms with Gasteiger partial charge in [0.15, 0.2) is 0 Å². The van der Waals surface area contributed by atoms with Gasteiger partial charge in [0.05, 0.1) is 0 Å². The van der Waals surface area contributed by atoms with Gasteiger partial charge in [0.1, 0.15) is 0 Å². The molecular formula is C15H29N3O. The van der Waals surface area contributed by atoms with Crippen LogP contribution in [0.2, 0.25) is 0 Å². The SMILES string of the molecule is CC(C)NCCCC(=O)N1CCC(N2CCCC2)C1. The summed E-state index contributed by atoms with van der Waals surface area (Å²) in [4.78, 5) is 16.8. The average molecular weight is 267 g/mol. The summed E-state index contributed by atoms with van der Waals surface area (Å²) in [6.07, 6.45) is 5.51. The van der Waals surface area contributed by atoms with E-state index in [1.54, 1.807) is 0 Å². The Hall–Kier alpha value is -0.610. The van der Waals surface area contributed by atoms with E-state index in [0.29, 0.717) is 24.4 Å². The number of carbonyl (C=O) groups is 1. The Morgan fingerprint density at radius 1 is 1.26 bits per heavy atom. The largest absolute Gasteiger partial charge is 0.341 e. The van der Waals surface area contributed by atoms with Crippen molar-refractivity contribution >= 4 is 5.91 Å². The molecule has 0 saturated carbocycles. The molecule has 19 heavy (non-hydrogen) atoms. The fraction of sp³-hybridized carbons (Fsp3) is 0.933. The van der Waals surface area contributed by atoms with Gasteiger partial charge in [-0.25, -0.2) is 0 Å². The molecule has 1 unspecified atom stereocenters. The predicted octanol–water partition coefficient (Wildman–Crippen LogP) is 1.46. The van der Waals surface area contributed by atoms with Crippen LogP contribution < -0.4 is 5.32 Å². The number of hydrogen-bond acceptors (Lipinski definition) is 3. The minimum Gasteiger partial charge on any atom is -0.341 e. The van der Waals surface area contributed by atoms with Crippen LogP contribution in [0.15, 0.2) is 0 Å². The highest BCUT2D eigenvalue weighted by molar-refractivity contribution is 5.76. The molecule has 0 aromatic rings. The lowest BCUT2D eigenvalue weighted by molar-refractivity contribution is -0.130. The lowest BCUT2D eigenvalue weighted by Crippen LogP contribution is -2.37. The number of amides is 1. The summed E-state index contributed by atoms with van der Waals surface area (Å²) in [5.74, 6) is 0.354. The first-order valence-electron chi connectivity index (χ1n) is 7.92. The first-order chi connectivity index (χ1) is 9.16. The lowest BCUT2D eigenvalue weighted by Gasteiger charge is -2.23. The van der Waals surface area contributed by atoms with Gasteiger partial charge < -0.3 is 10.2 Å². The number of nitrogens with one attached hydrogen (secondary N) is 1. The van der Waals surface area contributed by atoms with Gasteiger partial charge in [-0.05, 0) is 45.3 Å². The molecule has 0 bridgehead atoms. The van der Waals surface area contributed by atoms with Crippen LogP contribution in [0.3, 0.4) is 0 Å². The zero-order valence-electron chi connectivity index (χ0n) is 12.5. The Morgan fingerprint density at radius 3 is 2.68 bits per heavy atom. The summed E-state index contributed by atoms with van der Waals surface area (Å²) >= 11 is 0. The number of carbonyl (C=O) groups excluding carboxylic acids is 1. The number of hydrogen-bond donors (Lipinski definition) is 1. The summed E-state index contributed by atoms with van der Waals surface area (Å²) in [6.45, 7) is 9.66. The van der Waals surface area contributed by atoms with Crippen molar-refractivity contribution in [2.24, 2.45) is 0 Å². The maximum atomic E-state index is 12.1. The fourth-order valence-electron chi connectivity index (χ4n) is 3.16. The van der Waals surface area contributed by atoms with Crippen molar-refractivity contribution < 1.29 is 4.79 Å². The Balaban J connectivity index is 1.64. The molecular weight excluding hydrogens is 238 g/mol. The average Bonchev–Trinajstić information content (AvgIpc) is 3.03. The van der Waals surface area contributed by atoms with Crippen LogP contribution in [0.5, 0.6) is 0 Å². The molecule has 1 atom stereocenters. The highest BCUT2D eigenvalue weighted by Crippen LogP contribution is 2.20. The van der Waals surface area contributed by atoms with Crippen LogP contribution in [0.25, 0.3) is 0 Å². The first kappa shape index (κ1) is 14.8. The molecule has 4 nitrogen and oxygen atoms in total. The first-order valence-corrected chi connectivity index (χ1v) is 7.92. The van der Waals surface area contributed by atoms with Crippen molar-refractivity contribution in [3.63, 3.8) is 0 Å². The third-order valence-corrected chi connectivity index (χ3v) is 4.29. The van der Waals surface area contributed by atoms with Gasteiger partial charge in [-0.15, -0.1) is 0 Å². The van der Waals surface area contributed by atoms with Gasteiger partial charge >= 0.3 is 0 Å². The Kier molecular flexibility index (Phi) is 5.64. The van der Waals surface area contributed by atoms with Crippen molar-refractivity contribution in [2.45, 2.75) is 58.0 Å². The Bertz CT molecular complexity index is 287. The second-order valence-corrected chi connectivity index (χ2v) is 6.24. The maximum absolute atomic E-state index is 12.1. The minimum absolute atomic E-state index is 0.354. The molecule has 4 heteroatoms. The molecule has 2 rings (SSSR count). The lowest BCUT2D eigenvalue weighted by atomic mass is 10.2. The molecule has 1 amide bonds. The molecule has 0 radical (unpaired) electrons. The van der Waals surface area contributed by atoms with Gasteiger partial charge in [0.2, 0.25) is 5.91 Å². The molecule has 2 fully saturated rings. The Morgan fingerprint density at radius 2 is 2.00 bits per heavy atom. The molecule has 1 N–H and O–H groups in total. The van der Waals surface area contributed by atoms with Crippen molar-refractivity contribution in [1.29, 1.82) is 0 Å². The smallest absolute Gasteiger partial charge is 0.222 e. The maximum Gasteiger partial charge on any atom is 0.222 e. The second-order valence-electron chi connectivity index (χ2n) is 6.24. The van der Waals surface area contributed by atoms with E-state index >= 15 is 0 Å². The number of nitrogens with zero attached hydrogens (tertiary/aromatic N) is 2. The molecule has 110 valence electrons. The van der Waals surface area contributed by atoms with E-state index < -0.39 is 0 Å². The van der Waals surface area contributed by atoms with Crippen LogP contribution >= 0.6 is 0 Å². The number of rotatable bonds is 6. The van der Waals surface area contributed by atoms with Crippen LogP contribution in [0, 0.1) is 0 Å². The summed E-state index contributed by atoms with van der Waals surface area (Å²) in [5, 5.41) is 3.37. The van der Waals surface area contributed by atoms with Crippen LogP contribution in [0.4, 0.5) is 0 Å². The molecule has 0 aliphatic carbocycles. The summed E-state index contributed by atoms with van der Waals surface area (Å²) in [7, 11) is 0. The summed E-state index contributed by atoms with van der Waals surface area (Å²) in [6, 6.07) is 1.15. The van der Waals surface area contributed by atoms with E-state index in [0.717, 1.165) is 26.1 Å². The second kappa shape index (κ2) is 7.25. The van der Waals surface area contributed by atoms with Crippen molar-refractivity contribution in [3.8, 4) is 0 Å². The highest BCUT2D eigenvalue weighted by Gasteiger charge is 2.31. The van der Waals surface area contributed by atoms with Gasteiger partial charge in [-0.1, -0.05) is 13.8 Å². The van der Waals surface area contributed by atoms with Crippen LogP contribution in [0.1, 0.15) is 46.0 Å². The van der Waals surface area contributed by atoms with Gasteiger partial charge in [0.25, 0.3) is 0 Å². The van der Waals surface area contributed by atoms with E-state index in [4.69, 9.17) is 0 Å².